The second-order valence-corrected chi connectivity index (χ2v) is 3.67. The van der Waals surface area contributed by atoms with E-state index in [1.165, 1.54) is 11.3 Å². The third-order valence-corrected chi connectivity index (χ3v) is 2.66. The van der Waals surface area contributed by atoms with E-state index < -0.39 is 5.91 Å². The number of rotatable bonds is 1. The van der Waals surface area contributed by atoms with Crippen LogP contribution in [0.25, 0.3) is 10.2 Å². The number of nitrogens with zero attached hydrogens (tertiary/aromatic N) is 1. The van der Waals surface area contributed by atoms with Gasteiger partial charge in [0.2, 0.25) is 5.52 Å². The van der Waals surface area contributed by atoms with Crippen LogP contribution >= 0.6 is 11.3 Å². The maximum absolute atomic E-state index is 10.7. The van der Waals surface area contributed by atoms with E-state index in [2.05, 4.69) is 4.98 Å². The molecule has 0 aromatic carbocycles. The van der Waals surface area contributed by atoms with Gasteiger partial charge in [-0.3, -0.25) is 4.79 Å². The molecular weight excluding hydrogens is 174 g/mol. The van der Waals surface area contributed by atoms with E-state index in [4.69, 9.17) is 5.73 Å². The van der Waals surface area contributed by atoms with Crippen molar-refractivity contribution in [1.82, 2.24) is 4.57 Å². The van der Waals surface area contributed by atoms with Crippen molar-refractivity contribution in [3.8, 4) is 0 Å². The fourth-order valence-corrected chi connectivity index (χ4v) is 2.02. The molecule has 0 radical (unpaired) electrons. The molecule has 0 atom stereocenters. The summed E-state index contributed by atoms with van der Waals surface area (Å²) in [4.78, 5) is 13.7. The summed E-state index contributed by atoms with van der Waals surface area (Å²) < 4.78 is 2.98. The van der Waals surface area contributed by atoms with Crippen molar-refractivity contribution in [2.24, 2.45) is 12.8 Å². The lowest BCUT2D eigenvalue weighted by Crippen LogP contribution is -2.19. The highest BCUT2D eigenvalue weighted by Crippen LogP contribution is 2.17. The van der Waals surface area contributed by atoms with Gasteiger partial charge in [0.1, 0.15) is 4.70 Å². The van der Waals surface area contributed by atoms with Gasteiger partial charge in [0.15, 0.2) is 0 Å². The summed E-state index contributed by atoms with van der Waals surface area (Å²) in [5.41, 5.74) is 6.06. The Balaban J connectivity index is 2.64. The zero-order valence-corrected chi connectivity index (χ0v) is 7.31. The van der Waals surface area contributed by atoms with Crippen molar-refractivity contribution in [3.05, 3.63) is 17.4 Å². The first-order chi connectivity index (χ1) is 5.66. The first kappa shape index (κ1) is 7.30. The lowest BCUT2D eigenvalue weighted by atomic mass is 10.6. The largest absolute Gasteiger partial charge is 0.360 e. The highest BCUT2D eigenvalue weighted by Gasteiger charge is 2.16. The predicted octanol–water partition coefficient (Wildman–Crippen LogP) is 0.153. The van der Waals surface area contributed by atoms with Gasteiger partial charge in [-0.15, -0.1) is 0 Å². The Morgan fingerprint density at radius 1 is 1.67 bits per heavy atom. The van der Waals surface area contributed by atoms with Gasteiger partial charge in [-0.2, -0.15) is 4.98 Å². The Morgan fingerprint density at radius 3 is 3.00 bits per heavy atom. The average Bonchev–Trinajstić information content (AvgIpc) is 2.42. The molecule has 5 heteroatoms. The van der Waals surface area contributed by atoms with Crippen LogP contribution in [0.3, 0.4) is 0 Å². The Labute approximate surface area is 72.6 Å². The van der Waals surface area contributed by atoms with Gasteiger partial charge in [0, 0.05) is 13.2 Å². The van der Waals surface area contributed by atoms with Crippen LogP contribution in [0.15, 0.2) is 12.4 Å². The topological polar surface area (TPSA) is 62.2 Å². The Bertz CT molecular complexity index is 411. The third-order valence-electron chi connectivity index (χ3n) is 1.60. The van der Waals surface area contributed by atoms with Crippen molar-refractivity contribution in [2.75, 3.05) is 0 Å². The molecule has 3 N–H and O–H groups in total. The summed E-state index contributed by atoms with van der Waals surface area (Å²) in [6.07, 6.45) is 3.86. The molecule has 2 heterocycles. The normalized spacial score (nSPS) is 10.8. The molecule has 0 saturated carbocycles. The number of nitrogens with two attached hydrogens (primary N) is 1. The molecule has 0 aliphatic heterocycles. The van der Waals surface area contributed by atoms with Crippen LogP contribution < -0.4 is 10.7 Å². The number of amides is 1. The second kappa shape index (κ2) is 2.31. The molecule has 4 nitrogen and oxygen atoms in total. The minimum atomic E-state index is -0.404. The number of H-pyrrole nitrogens is 1. The molecule has 1 amide bonds. The standard InChI is InChI=1S/C7H7N3OS/c1-10-2-4-5(3-10)12-7(9-4)6(8)11/h2-3H,1H3,(H2,8,11)/p+1. The van der Waals surface area contributed by atoms with E-state index in [0.717, 1.165) is 10.2 Å². The number of carbonyl (C=O) groups is 1. The van der Waals surface area contributed by atoms with Crippen molar-refractivity contribution in [1.29, 1.82) is 0 Å². The SMILES string of the molecule is Cn1cc2[nH+]c(C(N)=O)sc2c1. The number of aromatic amines is 1. The van der Waals surface area contributed by atoms with Gasteiger partial charge >= 0.3 is 10.9 Å². The minimum absolute atomic E-state index is 0.404. The molecule has 0 unspecified atom stereocenters. The summed E-state index contributed by atoms with van der Waals surface area (Å²) in [6.45, 7) is 0. The first-order valence-corrected chi connectivity index (χ1v) is 4.26. The minimum Gasteiger partial charge on any atom is -0.360 e. The fourth-order valence-electron chi connectivity index (χ4n) is 1.10. The van der Waals surface area contributed by atoms with Crippen molar-refractivity contribution < 1.29 is 9.78 Å². The highest BCUT2D eigenvalue weighted by molar-refractivity contribution is 7.19. The molecule has 0 saturated heterocycles. The summed E-state index contributed by atoms with van der Waals surface area (Å²) in [5.74, 6) is -0.404. The molecule has 0 aliphatic carbocycles. The lowest BCUT2D eigenvalue weighted by Gasteiger charge is -1.81. The van der Waals surface area contributed by atoms with E-state index in [0.29, 0.717) is 5.01 Å². The molecule has 2 aromatic rings. The number of hydrogen-bond donors (Lipinski definition) is 1. The van der Waals surface area contributed by atoms with Crippen molar-refractivity contribution >= 4 is 27.5 Å². The summed E-state index contributed by atoms with van der Waals surface area (Å²) in [6, 6.07) is 0. The number of primary amides is 1. The molecule has 2 aromatic heterocycles. The van der Waals surface area contributed by atoms with Gasteiger partial charge in [-0.1, -0.05) is 11.3 Å². The van der Waals surface area contributed by atoms with E-state index in [1.54, 1.807) is 0 Å². The van der Waals surface area contributed by atoms with E-state index in [1.807, 2.05) is 24.0 Å². The van der Waals surface area contributed by atoms with Crippen molar-refractivity contribution in [2.45, 2.75) is 0 Å². The molecule has 0 fully saturated rings. The van der Waals surface area contributed by atoms with Crippen LogP contribution in [-0.4, -0.2) is 10.5 Å². The number of aromatic nitrogens is 2. The molecular formula is C7H8N3OS+. The summed E-state index contributed by atoms with van der Waals surface area (Å²) in [7, 11) is 1.94. The van der Waals surface area contributed by atoms with Crippen molar-refractivity contribution in [3.63, 3.8) is 0 Å². The molecule has 0 aliphatic rings. The molecule has 0 spiro atoms. The van der Waals surface area contributed by atoms with Crippen LogP contribution in [0.2, 0.25) is 0 Å². The maximum Gasteiger partial charge on any atom is 0.326 e. The fraction of sp³-hybridized carbons (Fsp3) is 0.143. The van der Waals surface area contributed by atoms with E-state index >= 15 is 0 Å². The smallest absolute Gasteiger partial charge is 0.326 e. The second-order valence-electron chi connectivity index (χ2n) is 2.62. The summed E-state index contributed by atoms with van der Waals surface area (Å²) in [5, 5.41) is 0.501. The monoisotopic (exact) mass is 182 g/mol. The number of carbonyl (C=O) groups excluding carboxylic acids is 1. The number of thiazole rings is 1. The quantitative estimate of drug-likeness (QED) is 0.670. The average molecular weight is 182 g/mol. The zero-order valence-electron chi connectivity index (χ0n) is 6.50. The Kier molecular flexibility index (Phi) is 1.41. The molecule has 0 bridgehead atoms. The van der Waals surface area contributed by atoms with Gasteiger partial charge < -0.3 is 10.3 Å². The van der Waals surface area contributed by atoms with Gasteiger partial charge in [-0.25, -0.2) is 0 Å². The first-order valence-electron chi connectivity index (χ1n) is 3.44. The number of aryl methyl sites for hydroxylation is 1. The number of nitrogens with one attached hydrogen (secondary N) is 1. The lowest BCUT2D eigenvalue weighted by molar-refractivity contribution is -0.342. The number of hydrogen-bond acceptors (Lipinski definition) is 2. The van der Waals surface area contributed by atoms with E-state index in [9.17, 15) is 4.79 Å². The third kappa shape index (κ3) is 0.984. The van der Waals surface area contributed by atoms with Gasteiger partial charge in [0.05, 0.1) is 6.20 Å². The van der Waals surface area contributed by atoms with Crippen LogP contribution in [0.5, 0.6) is 0 Å². The van der Waals surface area contributed by atoms with Crippen LogP contribution in [-0.2, 0) is 7.05 Å². The van der Waals surface area contributed by atoms with Gasteiger partial charge in [-0.05, 0) is 0 Å². The maximum atomic E-state index is 10.7. The van der Waals surface area contributed by atoms with E-state index in [-0.39, 0.29) is 0 Å². The zero-order chi connectivity index (χ0) is 8.72. The van der Waals surface area contributed by atoms with Crippen LogP contribution in [0.4, 0.5) is 0 Å². The highest BCUT2D eigenvalue weighted by atomic mass is 32.1. The van der Waals surface area contributed by atoms with Gasteiger partial charge in [0.25, 0.3) is 0 Å². The van der Waals surface area contributed by atoms with Crippen LogP contribution in [0.1, 0.15) is 9.80 Å². The Morgan fingerprint density at radius 2 is 2.42 bits per heavy atom. The molecule has 2 rings (SSSR count). The Hall–Kier alpha value is -1.36. The number of fused-ring (bicyclic) bond motifs is 1. The summed E-state index contributed by atoms with van der Waals surface area (Å²) >= 11 is 1.38. The molecule has 62 valence electrons. The van der Waals surface area contributed by atoms with Crippen LogP contribution in [0, 0.1) is 0 Å². The predicted molar refractivity (Wildman–Crippen MR) is 45.9 cm³/mol. The molecule has 12 heavy (non-hydrogen) atoms.